The van der Waals surface area contributed by atoms with Gasteiger partial charge in [-0.05, 0) is 43.7 Å². The molecule has 0 saturated heterocycles. The van der Waals surface area contributed by atoms with Gasteiger partial charge in [-0.2, -0.15) is 5.26 Å². The predicted octanol–water partition coefficient (Wildman–Crippen LogP) is 2.50. The van der Waals surface area contributed by atoms with E-state index in [0.717, 1.165) is 24.3 Å². The van der Waals surface area contributed by atoms with Gasteiger partial charge in [0, 0.05) is 18.8 Å². The minimum atomic E-state index is 0.133. The summed E-state index contributed by atoms with van der Waals surface area (Å²) in [4.78, 5) is 13.9. The molecule has 1 heterocycles. The highest BCUT2D eigenvalue weighted by Crippen LogP contribution is 2.15. The predicted molar refractivity (Wildman–Crippen MR) is 88.1 cm³/mol. The van der Waals surface area contributed by atoms with Gasteiger partial charge in [0.25, 0.3) is 0 Å². The molecular formula is C17H19N5O. The smallest absolute Gasteiger partial charge is 0.226 e. The van der Waals surface area contributed by atoms with Crippen molar-refractivity contribution in [1.29, 1.82) is 5.26 Å². The van der Waals surface area contributed by atoms with Crippen LogP contribution in [0, 0.1) is 11.3 Å². The number of carbonyl (C=O) groups excluding carboxylic acids is 1. The van der Waals surface area contributed by atoms with E-state index in [1.54, 1.807) is 12.1 Å². The highest BCUT2D eigenvalue weighted by molar-refractivity contribution is 5.78. The average Bonchev–Trinajstić information content (AvgIpc) is 2.58. The molecule has 2 rings (SSSR count). The van der Waals surface area contributed by atoms with Gasteiger partial charge in [0.2, 0.25) is 5.91 Å². The maximum absolute atomic E-state index is 12.1. The highest BCUT2D eigenvalue weighted by atomic mass is 16.2. The SMILES string of the molecule is CCN(CC)C(=O)Cc1ccc(Nc2ccc(C#N)nn2)cc1. The molecule has 0 bridgehead atoms. The van der Waals surface area contributed by atoms with E-state index in [9.17, 15) is 4.79 Å². The summed E-state index contributed by atoms with van der Waals surface area (Å²) in [7, 11) is 0. The number of aromatic nitrogens is 2. The summed E-state index contributed by atoms with van der Waals surface area (Å²) in [6.45, 7) is 5.42. The second kappa shape index (κ2) is 7.90. The maximum Gasteiger partial charge on any atom is 0.226 e. The van der Waals surface area contributed by atoms with Crippen molar-refractivity contribution >= 4 is 17.4 Å². The van der Waals surface area contributed by atoms with Gasteiger partial charge in [0.1, 0.15) is 6.07 Å². The first kappa shape index (κ1) is 16.4. The van der Waals surface area contributed by atoms with Crippen LogP contribution < -0.4 is 5.32 Å². The van der Waals surface area contributed by atoms with Crippen LogP contribution in [-0.4, -0.2) is 34.1 Å². The van der Waals surface area contributed by atoms with Gasteiger partial charge in [0.15, 0.2) is 11.5 Å². The van der Waals surface area contributed by atoms with E-state index in [2.05, 4.69) is 15.5 Å². The van der Waals surface area contributed by atoms with Crippen molar-refractivity contribution in [3.05, 3.63) is 47.7 Å². The molecule has 2 aromatic rings. The lowest BCUT2D eigenvalue weighted by Gasteiger charge is -2.18. The standard InChI is InChI=1S/C17H19N5O/c1-3-22(4-2)17(23)11-13-5-7-14(8-6-13)19-16-10-9-15(12-18)20-21-16/h5-10H,3-4,11H2,1-2H3,(H,19,21). The Morgan fingerprint density at radius 2 is 1.83 bits per heavy atom. The molecule has 1 aromatic carbocycles. The van der Waals surface area contributed by atoms with Crippen molar-refractivity contribution in [3.63, 3.8) is 0 Å². The minimum Gasteiger partial charge on any atom is -0.343 e. The molecule has 0 unspecified atom stereocenters. The van der Waals surface area contributed by atoms with E-state index in [-0.39, 0.29) is 11.6 Å². The molecule has 1 aromatic heterocycles. The Bertz CT molecular complexity index is 684. The molecule has 0 aliphatic rings. The number of hydrogen-bond donors (Lipinski definition) is 1. The second-order valence-electron chi connectivity index (χ2n) is 4.98. The van der Waals surface area contributed by atoms with Crippen LogP contribution in [-0.2, 0) is 11.2 Å². The number of likely N-dealkylation sites (N-methyl/N-ethyl adjacent to an activating group) is 1. The fraction of sp³-hybridized carbons (Fsp3) is 0.294. The third-order valence-corrected chi connectivity index (χ3v) is 3.48. The van der Waals surface area contributed by atoms with Gasteiger partial charge in [-0.1, -0.05) is 12.1 Å². The molecule has 0 aliphatic heterocycles. The van der Waals surface area contributed by atoms with Crippen LogP contribution in [0.1, 0.15) is 25.1 Å². The van der Waals surface area contributed by atoms with Crippen LogP contribution >= 0.6 is 0 Å². The quantitative estimate of drug-likeness (QED) is 0.886. The summed E-state index contributed by atoms with van der Waals surface area (Å²) < 4.78 is 0. The molecule has 1 N–H and O–H groups in total. The van der Waals surface area contributed by atoms with Crippen LogP contribution in [0.5, 0.6) is 0 Å². The van der Waals surface area contributed by atoms with Crippen molar-refractivity contribution < 1.29 is 4.79 Å². The number of hydrogen-bond acceptors (Lipinski definition) is 5. The number of anilines is 2. The highest BCUT2D eigenvalue weighted by Gasteiger charge is 2.10. The van der Waals surface area contributed by atoms with Gasteiger partial charge >= 0.3 is 0 Å². The number of amides is 1. The molecule has 118 valence electrons. The van der Waals surface area contributed by atoms with E-state index >= 15 is 0 Å². The lowest BCUT2D eigenvalue weighted by molar-refractivity contribution is -0.130. The van der Waals surface area contributed by atoms with Gasteiger partial charge < -0.3 is 10.2 Å². The minimum absolute atomic E-state index is 0.133. The largest absolute Gasteiger partial charge is 0.343 e. The van der Waals surface area contributed by atoms with Gasteiger partial charge in [-0.15, -0.1) is 10.2 Å². The monoisotopic (exact) mass is 309 g/mol. The zero-order chi connectivity index (χ0) is 16.7. The first-order valence-electron chi connectivity index (χ1n) is 7.53. The first-order valence-corrected chi connectivity index (χ1v) is 7.53. The Kier molecular flexibility index (Phi) is 5.64. The van der Waals surface area contributed by atoms with Gasteiger partial charge in [-0.25, -0.2) is 0 Å². The molecule has 0 atom stereocenters. The molecule has 0 aliphatic carbocycles. The Hall–Kier alpha value is -2.94. The van der Waals surface area contributed by atoms with E-state index in [4.69, 9.17) is 5.26 Å². The van der Waals surface area contributed by atoms with Crippen molar-refractivity contribution in [3.8, 4) is 6.07 Å². The fourth-order valence-electron chi connectivity index (χ4n) is 2.18. The molecule has 0 fully saturated rings. The number of nitrogens with zero attached hydrogens (tertiary/aromatic N) is 4. The van der Waals surface area contributed by atoms with Crippen LogP contribution in [0.15, 0.2) is 36.4 Å². The first-order chi connectivity index (χ1) is 11.2. The Labute approximate surface area is 135 Å². The third kappa shape index (κ3) is 4.51. The number of rotatable bonds is 6. The number of benzene rings is 1. The average molecular weight is 309 g/mol. The zero-order valence-corrected chi connectivity index (χ0v) is 13.3. The molecule has 1 amide bonds. The van der Waals surface area contributed by atoms with Crippen molar-refractivity contribution in [2.24, 2.45) is 0 Å². The van der Waals surface area contributed by atoms with Crippen molar-refractivity contribution in [2.45, 2.75) is 20.3 Å². The molecule has 6 nitrogen and oxygen atoms in total. The summed E-state index contributed by atoms with van der Waals surface area (Å²) in [6, 6.07) is 12.8. The van der Waals surface area contributed by atoms with E-state index in [1.807, 2.05) is 49.1 Å². The fourth-order valence-corrected chi connectivity index (χ4v) is 2.18. The molecule has 6 heteroatoms. The van der Waals surface area contributed by atoms with Crippen LogP contribution in [0.25, 0.3) is 0 Å². The molecule has 0 radical (unpaired) electrons. The number of nitriles is 1. The van der Waals surface area contributed by atoms with Crippen molar-refractivity contribution in [1.82, 2.24) is 15.1 Å². The summed E-state index contributed by atoms with van der Waals surface area (Å²) in [6.07, 6.45) is 0.401. The zero-order valence-electron chi connectivity index (χ0n) is 13.3. The lowest BCUT2D eigenvalue weighted by atomic mass is 10.1. The Morgan fingerprint density at radius 3 is 2.35 bits per heavy atom. The van der Waals surface area contributed by atoms with E-state index in [1.165, 1.54) is 0 Å². The molecular weight excluding hydrogens is 290 g/mol. The summed E-state index contributed by atoms with van der Waals surface area (Å²) in [5, 5.41) is 19.5. The van der Waals surface area contributed by atoms with Crippen LogP contribution in [0.2, 0.25) is 0 Å². The van der Waals surface area contributed by atoms with Crippen molar-refractivity contribution in [2.75, 3.05) is 18.4 Å². The third-order valence-electron chi connectivity index (χ3n) is 3.48. The van der Waals surface area contributed by atoms with Crippen LogP contribution in [0.3, 0.4) is 0 Å². The van der Waals surface area contributed by atoms with E-state index < -0.39 is 0 Å². The lowest BCUT2D eigenvalue weighted by Crippen LogP contribution is -2.31. The maximum atomic E-state index is 12.1. The molecule has 23 heavy (non-hydrogen) atoms. The normalized spacial score (nSPS) is 9.96. The van der Waals surface area contributed by atoms with Gasteiger partial charge in [0.05, 0.1) is 6.42 Å². The van der Waals surface area contributed by atoms with E-state index in [0.29, 0.717) is 12.2 Å². The summed E-state index contributed by atoms with van der Waals surface area (Å²) >= 11 is 0. The number of carbonyl (C=O) groups is 1. The summed E-state index contributed by atoms with van der Waals surface area (Å²) in [5.41, 5.74) is 2.10. The van der Waals surface area contributed by atoms with Gasteiger partial charge in [-0.3, -0.25) is 4.79 Å². The molecule has 0 spiro atoms. The topological polar surface area (TPSA) is 81.9 Å². The Balaban J connectivity index is 1.99. The second-order valence-corrected chi connectivity index (χ2v) is 4.98. The molecule has 0 saturated carbocycles. The summed E-state index contributed by atoms with van der Waals surface area (Å²) in [5.74, 6) is 0.699. The van der Waals surface area contributed by atoms with Crippen LogP contribution in [0.4, 0.5) is 11.5 Å². The Morgan fingerprint density at radius 1 is 1.13 bits per heavy atom. The number of nitrogens with one attached hydrogen (secondary N) is 1.